The van der Waals surface area contributed by atoms with Crippen molar-refractivity contribution in [2.45, 2.75) is 26.4 Å². The molecule has 1 N–H and O–H groups in total. The van der Waals surface area contributed by atoms with Gasteiger partial charge in [-0.3, -0.25) is 14.2 Å². The molecule has 0 aliphatic rings. The number of hydrogen-bond acceptors (Lipinski definition) is 5. The van der Waals surface area contributed by atoms with Gasteiger partial charge in [-0.15, -0.1) is 11.3 Å². The van der Waals surface area contributed by atoms with Gasteiger partial charge in [-0.25, -0.2) is 4.98 Å². The molecule has 22 heavy (non-hydrogen) atoms. The van der Waals surface area contributed by atoms with Gasteiger partial charge in [0.1, 0.15) is 17.1 Å². The fourth-order valence-corrected chi connectivity index (χ4v) is 3.03. The summed E-state index contributed by atoms with van der Waals surface area (Å²) in [5, 5.41) is 3.28. The highest BCUT2D eigenvalue weighted by Crippen LogP contribution is 2.20. The summed E-state index contributed by atoms with van der Waals surface area (Å²) in [6.07, 6.45) is 3.84. The zero-order chi connectivity index (χ0) is 15.5. The first kappa shape index (κ1) is 14.5. The number of aryl methyl sites for hydroxylation is 1. The molecule has 0 radical (unpaired) electrons. The van der Waals surface area contributed by atoms with Crippen LogP contribution in [0, 0.1) is 0 Å². The third-order valence-corrected chi connectivity index (χ3v) is 4.46. The van der Waals surface area contributed by atoms with Gasteiger partial charge in [0.25, 0.3) is 5.56 Å². The van der Waals surface area contributed by atoms with E-state index >= 15 is 0 Å². The number of carbonyl (C=O) groups is 1. The normalized spacial score (nSPS) is 11.0. The second-order valence-electron chi connectivity index (χ2n) is 4.82. The molecule has 3 heterocycles. The van der Waals surface area contributed by atoms with Crippen LogP contribution in [-0.2, 0) is 24.3 Å². The Hall–Kier alpha value is -2.41. The largest absolute Gasteiger partial charge is 0.467 e. The molecule has 0 saturated carbocycles. The predicted octanol–water partition coefficient (Wildman–Crippen LogP) is 1.93. The highest BCUT2D eigenvalue weighted by atomic mass is 32.1. The van der Waals surface area contributed by atoms with E-state index in [-0.39, 0.29) is 18.0 Å². The number of nitrogens with one attached hydrogen (secondary N) is 1. The number of carbonyl (C=O) groups excluding carboxylic acids is 1. The van der Waals surface area contributed by atoms with E-state index in [0.717, 1.165) is 11.3 Å². The van der Waals surface area contributed by atoms with E-state index in [1.54, 1.807) is 18.4 Å². The maximum Gasteiger partial charge on any atom is 0.262 e. The first-order valence-corrected chi connectivity index (χ1v) is 7.76. The molecule has 7 heteroatoms. The molecular weight excluding hydrogens is 302 g/mol. The fraction of sp³-hybridized carbons (Fsp3) is 0.267. The van der Waals surface area contributed by atoms with Crippen LogP contribution in [0.1, 0.15) is 17.6 Å². The topological polar surface area (TPSA) is 77.1 Å². The van der Waals surface area contributed by atoms with Crippen molar-refractivity contribution in [2.75, 3.05) is 0 Å². The molecule has 0 saturated heterocycles. The Kier molecular flexibility index (Phi) is 4.06. The highest BCUT2D eigenvalue weighted by Gasteiger charge is 2.11. The lowest BCUT2D eigenvalue weighted by Crippen LogP contribution is -2.31. The van der Waals surface area contributed by atoms with Crippen LogP contribution in [0.4, 0.5) is 0 Å². The van der Waals surface area contributed by atoms with Gasteiger partial charge in [-0.1, -0.05) is 6.92 Å². The van der Waals surface area contributed by atoms with Crippen molar-refractivity contribution < 1.29 is 9.21 Å². The number of thiophene rings is 1. The number of fused-ring (bicyclic) bond motifs is 1. The van der Waals surface area contributed by atoms with Crippen LogP contribution in [0.25, 0.3) is 10.2 Å². The SMILES string of the molecule is CCc1cc2c(=O)n(CC(=O)NCc3ccco3)cnc2s1. The summed E-state index contributed by atoms with van der Waals surface area (Å²) in [5.74, 6) is 0.408. The summed E-state index contributed by atoms with van der Waals surface area (Å²) in [4.78, 5) is 30.4. The van der Waals surface area contributed by atoms with Crippen LogP contribution in [0.2, 0.25) is 0 Å². The van der Waals surface area contributed by atoms with E-state index in [1.165, 1.54) is 22.2 Å². The summed E-state index contributed by atoms with van der Waals surface area (Å²) in [6.45, 7) is 2.28. The van der Waals surface area contributed by atoms with Crippen molar-refractivity contribution in [3.05, 3.63) is 51.8 Å². The van der Waals surface area contributed by atoms with Gasteiger partial charge < -0.3 is 9.73 Å². The Bertz CT molecular complexity index is 849. The molecule has 114 valence electrons. The van der Waals surface area contributed by atoms with E-state index in [2.05, 4.69) is 10.3 Å². The number of amides is 1. The minimum atomic E-state index is -0.259. The number of rotatable bonds is 5. The molecule has 0 atom stereocenters. The van der Waals surface area contributed by atoms with E-state index in [1.807, 2.05) is 13.0 Å². The lowest BCUT2D eigenvalue weighted by atomic mass is 10.3. The van der Waals surface area contributed by atoms with Crippen molar-refractivity contribution >= 4 is 27.5 Å². The Balaban J connectivity index is 1.74. The van der Waals surface area contributed by atoms with E-state index < -0.39 is 0 Å². The number of furan rings is 1. The zero-order valence-corrected chi connectivity index (χ0v) is 12.9. The second kappa shape index (κ2) is 6.15. The highest BCUT2D eigenvalue weighted by molar-refractivity contribution is 7.18. The van der Waals surface area contributed by atoms with E-state index in [4.69, 9.17) is 4.42 Å². The monoisotopic (exact) mass is 317 g/mol. The third kappa shape index (κ3) is 2.94. The van der Waals surface area contributed by atoms with Crippen LogP contribution >= 0.6 is 11.3 Å². The van der Waals surface area contributed by atoms with Crippen LogP contribution in [0.3, 0.4) is 0 Å². The Morgan fingerprint density at radius 2 is 2.36 bits per heavy atom. The molecule has 6 nitrogen and oxygen atoms in total. The summed E-state index contributed by atoms with van der Waals surface area (Å²) in [7, 11) is 0. The number of hydrogen-bond donors (Lipinski definition) is 1. The van der Waals surface area contributed by atoms with Crippen molar-refractivity contribution in [2.24, 2.45) is 0 Å². The quantitative estimate of drug-likeness (QED) is 0.780. The zero-order valence-electron chi connectivity index (χ0n) is 12.0. The summed E-state index contributed by atoms with van der Waals surface area (Å²) in [6, 6.07) is 5.38. The van der Waals surface area contributed by atoms with Gasteiger partial charge in [0.2, 0.25) is 5.91 Å². The molecule has 3 aromatic heterocycles. The number of nitrogens with zero attached hydrogens (tertiary/aromatic N) is 2. The number of aromatic nitrogens is 2. The van der Waals surface area contributed by atoms with Crippen LogP contribution in [0.5, 0.6) is 0 Å². The molecule has 0 fully saturated rings. The van der Waals surface area contributed by atoms with Crippen molar-refractivity contribution in [3.63, 3.8) is 0 Å². The Labute approximate surface area is 130 Å². The van der Waals surface area contributed by atoms with Gasteiger partial charge in [-0.05, 0) is 24.6 Å². The minimum Gasteiger partial charge on any atom is -0.467 e. The maximum absolute atomic E-state index is 12.4. The van der Waals surface area contributed by atoms with Gasteiger partial charge in [0, 0.05) is 4.88 Å². The van der Waals surface area contributed by atoms with Gasteiger partial charge in [0.05, 0.1) is 24.5 Å². The van der Waals surface area contributed by atoms with Gasteiger partial charge >= 0.3 is 0 Å². The van der Waals surface area contributed by atoms with Crippen LogP contribution < -0.4 is 10.9 Å². The Morgan fingerprint density at radius 1 is 1.50 bits per heavy atom. The molecule has 3 rings (SSSR count). The molecule has 3 aromatic rings. The Morgan fingerprint density at radius 3 is 3.09 bits per heavy atom. The standard InChI is InChI=1S/C15H15N3O3S/c1-2-11-6-12-14(22-11)17-9-18(15(12)20)8-13(19)16-7-10-4-3-5-21-10/h3-6,9H,2,7-8H2,1H3,(H,16,19). The molecule has 0 aliphatic heterocycles. The lowest BCUT2D eigenvalue weighted by molar-refractivity contribution is -0.121. The molecule has 0 spiro atoms. The molecule has 0 bridgehead atoms. The lowest BCUT2D eigenvalue weighted by Gasteiger charge is -2.05. The molecule has 0 aliphatic carbocycles. The summed E-state index contributed by atoms with van der Waals surface area (Å²) < 4.78 is 6.46. The average Bonchev–Trinajstić information content (AvgIpc) is 3.17. The van der Waals surface area contributed by atoms with E-state index in [0.29, 0.717) is 22.5 Å². The van der Waals surface area contributed by atoms with Crippen molar-refractivity contribution in [1.82, 2.24) is 14.9 Å². The molecule has 0 unspecified atom stereocenters. The summed E-state index contributed by atoms with van der Waals surface area (Å²) in [5.41, 5.74) is -0.186. The maximum atomic E-state index is 12.4. The average molecular weight is 317 g/mol. The molecular formula is C15H15N3O3S. The molecule has 1 amide bonds. The first-order chi connectivity index (χ1) is 10.7. The predicted molar refractivity (Wildman–Crippen MR) is 83.8 cm³/mol. The van der Waals surface area contributed by atoms with E-state index in [9.17, 15) is 9.59 Å². The van der Waals surface area contributed by atoms with Crippen molar-refractivity contribution in [1.29, 1.82) is 0 Å². The summed E-state index contributed by atoms with van der Waals surface area (Å²) >= 11 is 1.51. The second-order valence-corrected chi connectivity index (χ2v) is 5.93. The van der Waals surface area contributed by atoms with Crippen LogP contribution in [-0.4, -0.2) is 15.5 Å². The minimum absolute atomic E-state index is 0.0558. The van der Waals surface area contributed by atoms with Crippen LogP contribution in [0.15, 0.2) is 40.0 Å². The smallest absolute Gasteiger partial charge is 0.262 e. The van der Waals surface area contributed by atoms with Gasteiger partial charge in [0.15, 0.2) is 0 Å². The van der Waals surface area contributed by atoms with Crippen molar-refractivity contribution in [3.8, 4) is 0 Å². The fourth-order valence-electron chi connectivity index (χ4n) is 2.11. The first-order valence-electron chi connectivity index (χ1n) is 6.94. The van der Waals surface area contributed by atoms with Gasteiger partial charge in [-0.2, -0.15) is 0 Å². The third-order valence-electron chi connectivity index (χ3n) is 3.27. The molecule has 0 aromatic carbocycles.